The number of nitrogens with zero attached hydrogens (tertiary/aromatic N) is 3. The van der Waals surface area contributed by atoms with Gasteiger partial charge >= 0.3 is 0 Å². The first-order valence-corrected chi connectivity index (χ1v) is 19.5. The molecule has 0 amide bonds. The summed E-state index contributed by atoms with van der Waals surface area (Å²) in [6, 6.07) is 8.39. The van der Waals surface area contributed by atoms with E-state index in [4.69, 9.17) is 28.4 Å². The molecule has 45 heavy (non-hydrogen) atoms. The van der Waals surface area contributed by atoms with Gasteiger partial charge in [0, 0.05) is 36.3 Å². The summed E-state index contributed by atoms with van der Waals surface area (Å²) < 4.78 is 24.7. The van der Waals surface area contributed by atoms with Crippen LogP contribution >= 0.6 is 0 Å². The molecule has 1 atom stereocenters. The minimum Gasteiger partial charge on any atom is -0.491 e. The van der Waals surface area contributed by atoms with Gasteiger partial charge in [0.05, 0.1) is 23.1 Å². The number of ether oxygens (including phenoxy) is 2. The fourth-order valence-corrected chi connectivity index (χ4v) is 6.74. The highest BCUT2D eigenvalue weighted by Crippen LogP contribution is 2.46. The number of aromatic nitrogens is 3. The molecule has 5 rings (SSSR count). The van der Waals surface area contributed by atoms with Crippen molar-refractivity contribution in [3.8, 4) is 28.4 Å². The second-order valence-electron chi connectivity index (χ2n) is 15.5. The monoisotopic (exact) mass is 633 g/mol. The van der Waals surface area contributed by atoms with Gasteiger partial charge in [0.1, 0.15) is 23.9 Å². The molecule has 0 spiro atoms. The van der Waals surface area contributed by atoms with Crippen molar-refractivity contribution in [2.45, 2.75) is 117 Å². The van der Waals surface area contributed by atoms with Crippen LogP contribution in [0.5, 0.6) is 5.75 Å². The Hall–Kier alpha value is -2.75. The maximum absolute atomic E-state index is 6.82. The molecule has 1 saturated heterocycles. The SMILES string of the molecule is Cc1noc(C2CC2)c1-c1nc(-c2cccc(OCC([CH]C(C)(C)C)O[Si](C)(C)C(C)(C)C)c2)nc(NC2CCOCC2)c1C. The molecule has 1 radical (unpaired) electrons. The lowest BCUT2D eigenvalue weighted by Gasteiger charge is -2.40. The summed E-state index contributed by atoms with van der Waals surface area (Å²) in [6.45, 7) is 24.1. The Kier molecular flexibility index (Phi) is 9.83. The molecule has 8 nitrogen and oxygen atoms in total. The van der Waals surface area contributed by atoms with Gasteiger partial charge in [-0.05, 0) is 81.6 Å². The van der Waals surface area contributed by atoms with Crippen LogP contribution in [0.25, 0.3) is 22.6 Å². The van der Waals surface area contributed by atoms with Crippen molar-refractivity contribution in [2.75, 3.05) is 25.1 Å². The maximum atomic E-state index is 6.82. The quantitative estimate of drug-likeness (QED) is 0.209. The molecule has 1 aliphatic carbocycles. The van der Waals surface area contributed by atoms with E-state index in [1.54, 1.807) is 0 Å². The van der Waals surface area contributed by atoms with Gasteiger partial charge in [-0.3, -0.25) is 0 Å². The van der Waals surface area contributed by atoms with E-state index in [9.17, 15) is 0 Å². The van der Waals surface area contributed by atoms with Crippen LogP contribution in [0.1, 0.15) is 90.2 Å². The van der Waals surface area contributed by atoms with Gasteiger partial charge in [-0.1, -0.05) is 58.8 Å². The van der Waals surface area contributed by atoms with Crippen molar-refractivity contribution >= 4 is 14.1 Å². The lowest BCUT2D eigenvalue weighted by molar-refractivity contribution is 0.0904. The van der Waals surface area contributed by atoms with Gasteiger partial charge in [0.25, 0.3) is 0 Å². The van der Waals surface area contributed by atoms with E-state index in [0.29, 0.717) is 24.4 Å². The van der Waals surface area contributed by atoms with Crippen LogP contribution in [-0.2, 0) is 9.16 Å². The van der Waals surface area contributed by atoms with Crippen molar-refractivity contribution < 1.29 is 18.4 Å². The van der Waals surface area contributed by atoms with E-state index in [2.05, 4.69) is 78.5 Å². The molecule has 2 aromatic heterocycles. The number of hydrogen-bond donors (Lipinski definition) is 1. The number of aryl methyl sites for hydroxylation is 1. The molecule has 9 heteroatoms. The predicted octanol–water partition coefficient (Wildman–Crippen LogP) is 8.90. The summed E-state index contributed by atoms with van der Waals surface area (Å²) in [5.41, 5.74) is 4.65. The van der Waals surface area contributed by atoms with Crippen LogP contribution in [0.15, 0.2) is 28.8 Å². The summed E-state index contributed by atoms with van der Waals surface area (Å²) in [4.78, 5) is 10.3. The van der Waals surface area contributed by atoms with Crippen LogP contribution in [0.2, 0.25) is 18.1 Å². The Morgan fingerprint density at radius 3 is 2.38 bits per heavy atom. The number of rotatable bonds is 11. The zero-order valence-electron chi connectivity index (χ0n) is 29.0. The fourth-order valence-electron chi connectivity index (χ4n) is 5.50. The summed E-state index contributed by atoms with van der Waals surface area (Å²) >= 11 is 0. The number of anilines is 1. The van der Waals surface area contributed by atoms with Gasteiger partial charge in [-0.25, -0.2) is 9.97 Å². The summed E-state index contributed by atoms with van der Waals surface area (Å²) in [7, 11) is -2.00. The zero-order valence-corrected chi connectivity index (χ0v) is 30.0. The Bertz CT molecular complexity index is 1460. The van der Waals surface area contributed by atoms with E-state index in [-0.39, 0.29) is 16.6 Å². The third-order valence-corrected chi connectivity index (χ3v) is 13.7. The fraction of sp³-hybridized carbons (Fsp3) is 0.611. The second kappa shape index (κ2) is 13.2. The molecule has 1 aromatic carbocycles. The molecule has 1 saturated carbocycles. The van der Waals surface area contributed by atoms with Crippen LogP contribution in [0, 0.1) is 25.7 Å². The van der Waals surface area contributed by atoms with Gasteiger partial charge in [-0.2, -0.15) is 0 Å². The second-order valence-corrected chi connectivity index (χ2v) is 20.2. The smallest absolute Gasteiger partial charge is 0.192 e. The van der Waals surface area contributed by atoms with Gasteiger partial charge in [-0.15, -0.1) is 0 Å². The molecule has 3 aromatic rings. The first-order chi connectivity index (χ1) is 21.1. The molecular formula is C36H53N4O4Si. The molecule has 3 heterocycles. The molecular weight excluding hydrogens is 581 g/mol. The Morgan fingerprint density at radius 1 is 1.02 bits per heavy atom. The third-order valence-electron chi connectivity index (χ3n) is 9.23. The summed E-state index contributed by atoms with van der Waals surface area (Å²) in [5.74, 6) is 3.61. The van der Waals surface area contributed by atoms with E-state index < -0.39 is 8.32 Å². The lowest BCUT2D eigenvalue weighted by atomic mass is 9.89. The van der Waals surface area contributed by atoms with Crippen LogP contribution in [0.4, 0.5) is 5.82 Å². The highest BCUT2D eigenvalue weighted by Gasteiger charge is 2.40. The van der Waals surface area contributed by atoms with E-state index in [0.717, 1.165) is 84.3 Å². The Morgan fingerprint density at radius 2 is 1.73 bits per heavy atom. The molecule has 2 aliphatic rings. The van der Waals surface area contributed by atoms with Gasteiger partial charge < -0.3 is 23.7 Å². The molecule has 245 valence electrons. The lowest BCUT2D eigenvalue weighted by Crippen LogP contribution is -2.46. The van der Waals surface area contributed by atoms with Crippen molar-refractivity contribution in [3.63, 3.8) is 0 Å². The normalized spacial score (nSPS) is 17.4. The minimum absolute atomic E-state index is 0.00235. The summed E-state index contributed by atoms with van der Waals surface area (Å²) in [5, 5.41) is 8.19. The topological polar surface area (TPSA) is 91.5 Å². The van der Waals surface area contributed by atoms with Crippen molar-refractivity contribution in [1.82, 2.24) is 15.1 Å². The van der Waals surface area contributed by atoms with Crippen LogP contribution < -0.4 is 10.1 Å². The standard InChI is InChI=1S/C36H53N4O4Si/c1-23-31(30-24(2)40-43-32(30)25-14-15-25)38-34(39-33(23)37-27-16-18-41-19-17-27)26-12-11-13-28(20-26)42-22-29(21-35(3,4)5)44-45(9,10)36(6,7)8/h11-13,20-21,25,27,29H,14-19,22H2,1-10H3,(H,37,38,39). The minimum atomic E-state index is -2.00. The van der Waals surface area contributed by atoms with E-state index in [1.165, 1.54) is 0 Å². The zero-order chi connectivity index (χ0) is 32.6. The van der Waals surface area contributed by atoms with Crippen molar-refractivity contribution in [1.29, 1.82) is 0 Å². The first-order valence-electron chi connectivity index (χ1n) is 16.6. The van der Waals surface area contributed by atoms with Crippen LogP contribution in [0.3, 0.4) is 0 Å². The third kappa shape index (κ3) is 8.35. The van der Waals surface area contributed by atoms with Crippen LogP contribution in [-0.4, -0.2) is 55.4 Å². The first kappa shape index (κ1) is 33.6. The molecule has 1 unspecified atom stereocenters. The maximum Gasteiger partial charge on any atom is 0.192 e. The predicted molar refractivity (Wildman–Crippen MR) is 183 cm³/mol. The average molecular weight is 634 g/mol. The molecule has 2 fully saturated rings. The van der Waals surface area contributed by atoms with E-state index >= 15 is 0 Å². The van der Waals surface area contributed by atoms with Gasteiger partial charge in [0.2, 0.25) is 0 Å². The number of hydrogen-bond acceptors (Lipinski definition) is 8. The molecule has 1 N–H and O–H groups in total. The largest absolute Gasteiger partial charge is 0.491 e. The van der Waals surface area contributed by atoms with E-state index in [1.807, 2.05) is 31.2 Å². The highest BCUT2D eigenvalue weighted by atomic mass is 28.4. The van der Waals surface area contributed by atoms with Crippen molar-refractivity contribution in [3.05, 3.63) is 47.7 Å². The highest BCUT2D eigenvalue weighted by molar-refractivity contribution is 6.74. The molecule has 1 aliphatic heterocycles. The Labute approximate surface area is 271 Å². The molecule has 0 bridgehead atoms. The number of benzene rings is 1. The Balaban J connectivity index is 1.46. The van der Waals surface area contributed by atoms with Crippen molar-refractivity contribution in [2.24, 2.45) is 5.41 Å². The number of nitrogens with one attached hydrogen (secondary N) is 1. The summed E-state index contributed by atoms with van der Waals surface area (Å²) in [6.07, 6.45) is 6.29. The average Bonchev–Trinajstić information content (AvgIpc) is 3.73. The van der Waals surface area contributed by atoms with Gasteiger partial charge in [0.15, 0.2) is 14.1 Å².